The highest BCUT2D eigenvalue weighted by molar-refractivity contribution is 7.92. The van der Waals surface area contributed by atoms with Gasteiger partial charge in [0.15, 0.2) is 9.84 Å². The number of esters is 1. The first-order valence-electron chi connectivity index (χ1n) is 12.4. The van der Waals surface area contributed by atoms with E-state index in [9.17, 15) is 18.0 Å². The van der Waals surface area contributed by atoms with E-state index in [1.54, 1.807) is 32.9 Å². The second-order valence-corrected chi connectivity index (χ2v) is 12.9. The minimum absolute atomic E-state index is 0. The quantitative estimate of drug-likeness (QED) is 0.349. The molecule has 2 heterocycles. The third-order valence-electron chi connectivity index (χ3n) is 6.35. The summed E-state index contributed by atoms with van der Waals surface area (Å²) < 4.78 is 30.0. The number of nitrogens with one attached hydrogen (secondary N) is 1. The molecule has 0 aliphatic carbocycles. The maximum atomic E-state index is 12.9. The van der Waals surface area contributed by atoms with Crippen molar-refractivity contribution in [2.45, 2.75) is 56.8 Å². The first-order chi connectivity index (χ1) is 17.7. The number of thiophene rings is 1. The average Bonchev–Trinajstić information content (AvgIpc) is 3.22. The smallest absolute Gasteiger partial charge is 0.341 e. The highest BCUT2D eigenvalue weighted by Crippen LogP contribution is 2.38. The fourth-order valence-electron chi connectivity index (χ4n) is 4.37. The van der Waals surface area contributed by atoms with E-state index in [1.165, 1.54) is 29.0 Å². The summed E-state index contributed by atoms with van der Waals surface area (Å²) in [4.78, 5) is 29.4. The molecule has 0 unspecified atom stereocenters. The van der Waals surface area contributed by atoms with Gasteiger partial charge >= 0.3 is 5.97 Å². The van der Waals surface area contributed by atoms with Crippen molar-refractivity contribution in [1.82, 2.24) is 4.90 Å². The summed E-state index contributed by atoms with van der Waals surface area (Å²) in [7, 11) is -3.37. The number of halogens is 1. The topological polar surface area (TPSA) is 92.8 Å². The molecule has 1 aliphatic heterocycles. The number of hydrogen-bond acceptors (Lipinski definition) is 7. The van der Waals surface area contributed by atoms with Crippen LogP contribution in [-0.4, -0.2) is 43.6 Å². The predicted octanol–water partition coefficient (Wildman–Crippen LogP) is 5.27. The fourth-order valence-corrected chi connectivity index (χ4v) is 6.72. The van der Waals surface area contributed by atoms with Gasteiger partial charge in [-0.15, -0.1) is 23.7 Å². The fraction of sp³-hybridized carbons (Fsp3) is 0.357. The van der Waals surface area contributed by atoms with Gasteiger partial charge in [0.2, 0.25) is 5.91 Å². The van der Waals surface area contributed by atoms with Crippen molar-refractivity contribution in [2.75, 3.05) is 18.5 Å². The van der Waals surface area contributed by atoms with Gasteiger partial charge in [-0.1, -0.05) is 42.5 Å². The highest BCUT2D eigenvalue weighted by Gasteiger charge is 2.29. The maximum absolute atomic E-state index is 12.9. The SMILES string of the molecule is CCOC(=O)c1c(NC(=O)Cc2ccc(S(=O)(=O)C(C)C)cc2)sc2c1CCN(Cc1ccccc1)C2.Cl. The van der Waals surface area contributed by atoms with Gasteiger partial charge in [-0.2, -0.15) is 0 Å². The van der Waals surface area contributed by atoms with Crippen LogP contribution in [0.25, 0.3) is 0 Å². The second-order valence-electron chi connectivity index (χ2n) is 9.34. The first-order valence-corrected chi connectivity index (χ1v) is 14.8. The summed E-state index contributed by atoms with van der Waals surface area (Å²) in [6.07, 6.45) is 0.765. The Morgan fingerprint density at radius 1 is 1.05 bits per heavy atom. The van der Waals surface area contributed by atoms with E-state index in [2.05, 4.69) is 22.3 Å². The summed E-state index contributed by atoms with van der Waals surface area (Å²) in [6, 6.07) is 16.6. The van der Waals surface area contributed by atoms with E-state index in [4.69, 9.17) is 4.74 Å². The van der Waals surface area contributed by atoms with Crippen LogP contribution < -0.4 is 5.32 Å². The lowest BCUT2D eigenvalue weighted by molar-refractivity contribution is -0.115. The molecule has 1 aliphatic rings. The number of sulfone groups is 1. The zero-order valence-corrected chi connectivity index (χ0v) is 24.2. The standard InChI is InChI=1S/C28H32N2O5S2.ClH/c1-4-35-28(32)26-23-14-15-30(17-21-8-6-5-7-9-21)18-24(23)36-27(26)29-25(31)16-20-10-12-22(13-11-20)37(33,34)19(2)3;/h5-13,19H,4,14-18H2,1-3H3,(H,29,31);1H. The number of carbonyl (C=O) groups is 2. The molecule has 0 saturated heterocycles. The van der Waals surface area contributed by atoms with Gasteiger partial charge in [-0.05, 0) is 56.0 Å². The average molecular weight is 577 g/mol. The number of benzene rings is 2. The van der Waals surface area contributed by atoms with Crippen molar-refractivity contribution in [3.8, 4) is 0 Å². The maximum Gasteiger partial charge on any atom is 0.341 e. The summed E-state index contributed by atoms with van der Waals surface area (Å²) in [5, 5.41) is 2.92. The second kappa shape index (κ2) is 12.9. The van der Waals surface area contributed by atoms with Crippen LogP contribution in [0.15, 0.2) is 59.5 Å². The van der Waals surface area contributed by atoms with Gasteiger partial charge in [0, 0.05) is 24.5 Å². The van der Waals surface area contributed by atoms with Crippen molar-refractivity contribution in [2.24, 2.45) is 0 Å². The zero-order chi connectivity index (χ0) is 26.6. The van der Waals surface area contributed by atoms with Crippen LogP contribution in [0.5, 0.6) is 0 Å². The van der Waals surface area contributed by atoms with E-state index >= 15 is 0 Å². The number of carbonyl (C=O) groups excluding carboxylic acids is 2. The monoisotopic (exact) mass is 576 g/mol. The van der Waals surface area contributed by atoms with E-state index < -0.39 is 21.1 Å². The number of nitrogens with zero attached hydrogens (tertiary/aromatic N) is 1. The number of fused-ring (bicyclic) bond motifs is 1. The minimum atomic E-state index is -3.37. The molecule has 38 heavy (non-hydrogen) atoms. The Morgan fingerprint density at radius 3 is 2.37 bits per heavy atom. The van der Waals surface area contributed by atoms with Crippen LogP contribution in [0.1, 0.15) is 52.7 Å². The van der Waals surface area contributed by atoms with Crippen molar-refractivity contribution >= 4 is 50.5 Å². The van der Waals surface area contributed by atoms with Gasteiger partial charge in [-0.25, -0.2) is 13.2 Å². The number of ether oxygens (including phenoxy) is 1. The third kappa shape index (κ3) is 6.83. The van der Waals surface area contributed by atoms with Crippen LogP contribution in [0.2, 0.25) is 0 Å². The van der Waals surface area contributed by atoms with Crippen LogP contribution in [0.3, 0.4) is 0 Å². The van der Waals surface area contributed by atoms with Crippen molar-refractivity contribution in [1.29, 1.82) is 0 Å². The Balaban J connectivity index is 0.00000400. The van der Waals surface area contributed by atoms with E-state index in [0.29, 0.717) is 29.1 Å². The van der Waals surface area contributed by atoms with Crippen molar-refractivity contribution in [3.63, 3.8) is 0 Å². The molecule has 1 aromatic heterocycles. The molecule has 1 N–H and O–H groups in total. The molecule has 7 nitrogen and oxygen atoms in total. The molecule has 0 bridgehead atoms. The largest absolute Gasteiger partial charge is 0.462 e. The lowest BCUT2D eigenvalue weighted by Gasteiger charge is -2.27. The van der Waals surface area contributed by atoms with E-state index in [0.717, 1.165) is 23.5 Å². The minimum Gasteiger partial charge on any atom is -0.462 e. The Bertz CT molecular complexity index is 1370. The highest BCUT2D eigenvalue weighted by atomic mass is 35.5. The summed E-state index contributed by atoms with van der Waals surface area (Å²) in [5.74, 6) is -0.695. The Labute approximate surface area is 234 Å². The molecule has 204 valence electrons. The Hall–Kier alpha value is -2.72. The van der Waals surface area contributed by atoms with Crippen molar-refractivity contribution in [3.05, 3.63) is 81.7 Å². The van der Waals surface area contributed by atoms with Crippen LogP contribution >= 0.6 is 23.7 Å². The molecule has 0 fully saturated rings. The zero-order valence-electron chi connectivity index (χ0n) is 21.7. The normalized spacial score (nSPS) is 13.5. The lowest BCUT2D eigenvalue weighted by Crippen LogP contribution is -2.30. The van der Waals surface area contributed by atoms with E-state index in [-0.39, 0.29) is 36.2 Å². The summed E-state index contributed by atoms with van der Waals surface area (Å²) in [5.41, 5.74) is 3.32. The first kappa shape index (κ1) is 29.8. The van der Waals surface area contributed by atoms with Crippen LogP contribution in [0, 0.1) is 0 Å². The molecule has 0 atom stereocenters. The summed E-state index contributed by atoms with van der Waals surface area (Å²) >= 11 is 1.42. The van der Waals surface area contributed by atoms with Gasteiger partial charge in [0.25, 0.3) is 0 Å². The van der Waals surface area contributed by atoms with Crippen LogP contribution in [0.4, 0.5) is 5.00 Å². The third-order valence-corrected chi connectivity index (χ3v) is 9.66. The Kier molecular flexibility index (Phi) is 10.1. The van der Waals surface area contributed by atoms with E-state index in [1.807, 2.05) is 18.2 Å². The number of amides is 1. The number of hydrogen-bond donors (Lipinski definition) is 1. The summed E-state index contributed by atoms with van der Waals surface area (Å²) in [6.45, 7) is 7.62. The molecule has 1 amide bonds. The van der Waals surface area contributed by atoms with Gasteiger partial charge in [0.05, 0.1) is 28.7 Å². The molecule has 4 rings (SSSR count). The number of rotatable bonds is 9. The molecule has 2 aromatic carbocycles. The van der Waals surface area contributed by atoms with Gasteiger partial charge < -0.3 is 10.1 Å². The molecule has 0 radical (unpaired) electrons. The molecule has 10 heteroatoms. The molecule has 0 spiro atoms. The molecule has 0 saturated carbocycles. The predicted molar refractivity (Wildman–Crippen MR) is 153 cm³/mol. The van der Waals surface area contributed by atoms with Crippen LogP contribution in [-0.2, 0) is 45.3 Å². The molecule has 3 aromatic rings. The molecular weight excluding hydrogens is 544 g/mol. The van der Waals surface area contributed by atoms with Crippen molar-refractivity contribution < 1.29 is 22.7 Å². The molecular formula is C28H33ClN2O5S2. The van der Waals surface area contributed by atoms with Gasteiger partial charge in [-0.3, -0.25) is 9.69 Å². The Morgan fingerprint density at radius 2 is 1.74 bits per heavy atom. The van der Waals surface area contributed by atoms with Gasteiger partial charge in [0.1, 0.15) is 5.00 Å². The number of anilines is 1. The lowest BCUT2D eigenvalue weighted by atomic mass is 10.0.